The third-order valence-corrected chi connectivity index (χ3v) is 3.15. The maximum atomic E-state index is 12.7. The predicted molar refractivity (Wildman–Crippen MR) is 62.6 cm³/mol. The van der Waals surface area contributed by atoms with Crippen molar-refractivity contribution in [3.8, 4) is 0 Å². The van der Waals surface area contributed by atoms with E-state index in [1.54, 1.807) is 13.8 Å². The number of nitrogens with one attached hydrogen (secondary N) is 1. The van der Waals surface area contributed by atoms with Crippen molar-refractivity contribution in [2.24, 2.45) is 0 Å². The van der Waals surface area contributed by atoms with Crippen LogP contribution >= 0.6 is 0 Å². The number of carbonyl (C=O) groups excluding carboxylic acids is 1. The lowest BCUT2D eigenvalue weighted by Crippen LogP contribution is -2.32. The van der Waals surface area contributed by atoms with E-state index in [-0.39, 0.29) is 11.8 Å². The second-order valence-corrected chi connectivity index (χ2v) is 4.74. The van der Waals surface area contributed by atoms with Gasteiger partial charge in [-0.25, -0.2) is 0 Å². The van der Waals surface area contributed by atoms with Crippen LogP contribution in [-0.4, -0.2) is 22.2 Å². The summed E-state index contributed by atoms with van der Waals surface area (Å²) in [5, 5.41) is 6.17. The highest BCUT2D eigenvalue weighted by atomic mass is 19.4. The van der Waals surface area contributed by atoms with E-state index in [9.17, 15) is 18.0 Å². The van der Waals surface area contributed by atoms with E-state index in [1.165, 1.54) is 4.68 Å². The Balaban J connectivity index is 2.32. The Labute approximate surface area is 109 Å². The van der Waals surface area contributed by atoms with Crippen LogP contribution in [0.5, 0.6) is 0 Å². The van der Waals surface area contributed by atoms with Crippen LogP contribution in [0.3, 0.4) is 0 Å². The molecule has 0 spiro atoms. The van der Waals surface area contributed by atoms with Gasteiger partial charge in [0.2, 0.25) is 5.91 Å². The summed E-state index contributed by atoms with van der Waals surface area (Å²) in [7, 11) is 0. The topological polar surface area (TPSA) is 46.9 Å². The summed E-state index contributed by atoms with van der Waals surface area (Å²) in [6, 6.07) is 0.333. The molecule has 1 aromatic heterocycles. The summed E-state index contributed by atoms with van der Waals surface area (Å²) in [6.07, 6.45) is -2.77. The van der Waals surface area contributed by atoms with E-state index in [4.69, 9.17) is 0 Å². The first-order valence-electron chi connectivity index (χ1n) is 6.29. The van der Waals surface area contributed by atoms with Crippen molar-refractivity contribution in [2.45, 2.75) is 44.8 Å². The molecule has 1 unspecified atom stereocenters. The van der Waals surface area contributed by atoms with E-state index in [0.717, 1.165) is 18.9 Å². The van der Waals surface area contributed by atoms with E-state index in [0.29, 0.717) is 12.2 Å². The van der Waals surface area contributed by atoms with Crippen molar-refractivity contribution in [3.63, 3.8) is 0 Å². The lowest BCUT2D eigenvalue weighted by molar-refractivity contribution is -0.142. The normalized spacial score (nSPS) is 17.3. The highest BCUT2D eigenvalue weighted by molar-refractivity contribution is 5.79. The summed E-state index contributed by atoms with van der Waals surface area (Å²) >= 11 is 0. The predicted octanol–water partition coefficient (Wildman–Crippen LogP) is 2.48. The fourth-order valence-electron chi connectivity index (χ4n) is 1.97. The van der Waals surface area contributed by atoms with E-state index < -0.39 is 17.9 Å². The molecule has 1 saturated carbocycles. The van der Waals surface area contributed by atoms with Gasteiger partial charge in [-0.05, 0) is 32.8 Å². The number of hydrogen-bond acceptors (Lipinski definition) is 2. The van der Waals surface area contributed by atoms with Gasteiger partial charge in [-0.2, -0.15) is 18.3 Å². The summed E-state index contributed by atoms with van der Waals surface area (Å²) in [5.41, 5.74) is -0.420. The molecule has 19 heavy (non-hydrogen) atoms. The van der Waals surface area contributed by atoms with Crippen molar-refractivity contribution >= 4 is 5.91 Å². The number of nitrogens with zero attached hydrogens (tertiary/aromatic N) is 2. The molecular formula is C12H16F3N3O. The van der Waals surface area contributed by atoms with Gasteiger partial charge in [0.25, 0.3) is 0 Å². The van der Waals surface area contributed by atoms with Gasteiger partial charge in [0.15, 0.2) is 5.69 Å². The number of hydrogen-bond donors (Lipinski definition) is 1. The maximum absolute atomic E-state index is 12.7. The molecule has 7 heteroatoms. The van der Waals surface area contributed by atoms with Crippen LogP contribution in [0.25, 0.3) is 0 Å². The minimum atomic E-state index is -4.48. The molecule has 1 aliphatic carbocycles. The van der Waals surface area contributed by atoms with Gasteiger partial charge in [0.05, 0.1) is 0 Å². The molecule has 1 aromatic rings. The van der Waals surface area contributed by atoms with Crippen LogP contribution in [0.1, 0.15) is 50.0 Å². The van der Waals surface area contributed by atoms with E-state index >= 15 is 0 Å². The van der Waals surface area contributed by atoms with Crippen molar-refractivity contribution in [1.29, 1.82) is 0 Å². The molecule has 4 nitrogen and oxygen atoms in total. The van der Waals surface area contributed by atoms with Gasteiger partial charge in [-0.3, -0.25) is 9.48 Å². The third kappa shape index (κ3) is 2.90. The molecule has 1 aliphatic rings. The third-order valence-electron chi connectivity index (χ3n) is 3.15. The first-order chi connectivity index (χ1) is 8.84. The highest BCUT2D eigenvalue weighted by Gasteiger charge is 2.39. The summed E-state index contributed by atoms with van der Waals surface area (Å²) < 4.78 is 39.3. The Bertz CT molecular complexity index is 477. The van der Waals surface area contributed by atoms with Gasteiger partial charge >= 0.3 is 6.18 Å². The van der Waals surface area contributed by atoms with Crippen molar-refractivity contribution in [1.82, 2.24) is 15.1 Å². The van der Waals surface area contributed by atoms with Gasteiger partial charge < -0.3 is 5.32 Å². The number of likely N-dealkylation sites (N-methyl/N-ethyl adjacent to an activating group) is 1. The van der Waals surface area contributed by atoms with E-state index in [2.05, 4.69) is 10.4 Å². The zero-order chi connectivity index (χ0) is 14.2. The number of carbonyl (C=O) groups is 1. The van der Waals surface area contributed by atoms with E-state index in [1.807, 2.05) is 0 Å². The number of rotatable bonds is 4. The maximum Gasteiger partial charge on any atom is 0.435 e. The Morgan fingerprint density at radius 3 is 2.68 bits per heavy atom. The van der Waals surface area contributed by atoms with Gasteiger partial charge in [-0.1, -0.05) is 0 Å². The molecule has 1 heterocycles. The molecule has 0 aliphatic heterocycles. The molecule has 0 saturated heterocycles. The quantitative estimate of drug-likeness (QED) is 0.917. The molecule has 1 N–H and O–H groups in total. The molecule has 106 valence electrons. The van der Waals surface area contributed by atoms with Crippen LogP contribution in [0, 0.1) is 0 Å². The molecule has 0 aromatic carbocycles. The Morgan fingerprint density at radius 2 is 2.21 bits per heavy atom. The van der Waals surface area contributed by atoms with Gasteiger partial charge in [-0.15, -0.1) is 0 Å². The minimum absolute atomic E-state index is 0.0977. The summed E-state index contributed by atoms with van der Waals surface area (Å²) in [4.78, 5) is 11.7. The first kappa shape index (κ1) is 13.9. The number of halogens is 3. The molecule has 0 radical (unpaired) electrons. The average Bonchev–Trinajstić information content (AvgIpc) is 3.06. The van der Waals surface area contributed by atoms with Gasteiger partial charge in [0, 0.05) is 18.2 Å². The second kappa shape index (κ2) is 4.86. The summed E-state index contributed by atoms with van der Waals surface area (Å²) in [5.74, 6) is -0.221. The average molecular weight is 275 g/mol. The van der Waals surface area contributed by atoms with Crippen molar-refractivity contribution in [2.75, 3.05) is 6.54 Å². The molecular weight excluding hydrogens is 259 g/mol. The minimum Gasteiger partial charge on any atom is -0.355 e. The largest absolute Gasteiger partial charge is 0.435 e. The first-order valence-corrected chi connectivity index (χ1v) is 6.29. The molecule has 2 rings (SSSR count). The number of amides is 1. The zero-order valence-electron chi connectivity index (χ0n) is 10.8. The van der Waals surface area contributed by atoms with Crippen LogP contribution < -0.4 is 5.32 Å². The van der Waals surface area contributed by atoms with Crippen LogP contribution in [0.15, 0.2) is 6.07 Å². The molecule has 1 atom stereocenters. The fraction of sp³-hybridized carbons (Fsp3) is 0.667. The Morgan fingerprint density at radius 1 is 1.58 bits per heavy atom. The fourth-order valence-corrected chi connectivity index (χ4v) is 1.97. The van der Waals surface area contributed by atoms with Crippen molar-refractivity contribution in [3.05, 3.63) is 17.5 Å². The Kier molecular flexibility index (Phi) is 3.56. The molecule has 0 bridgehead atoms. The molecule has 1 amide bonds. The highest BCUT2D eigenvalue weighted by Crippen LogP contribution is 2.42. The summed E-state index contributed by atoms with van der Waals surface area (Å²) in [6.45, 7) is 3.76. The number of aromatic nitrogens is 2. The van der Waals surface area contributed by atoms with Crippen molar-refractivity contribution < 1.29 is 18.0 Å². The Hall–Kier alpha value is -1.53. The van der Waals surface area contributed by atoms with Gasteiger partial charge in [0.1, 0.15) is 6.04 Å². The second-order valence-electron chi connectivity index (χ2n) is 4.74. The number of alkyl halides is 3. The lowest BCUT2D eigenvalue weighted by atomic mass is 10.2. The lowest BCUT2D eigenvalue weighted by Gasteiger charge is -2.14. The van der Waals surface area contributed by atoms with Crippen LogP contribution in [0.2, 0.25) is 0 Å². The zero-order valence-corrected chi connectivity index (χ0v) is 10.8. The standard InChI is InChI=1S/C12H16F3N3O/c1-3-16-11(19)7(2)18-9(8-4-5-8)6-10(17-18)12(13,14)15/h6-8H,3-5H2,1-2H3,(H,16,19). The monoisotopic (exact) mass is 275 g/mol. The SMILES string of the molecule is CCNC(=O)C(C)n1nc(C(F)(F)F)cc1C1CC1. The van der Waals surface area contributed by atoms with Crippen LogP contribution in [-0.2, 0) is 11.0 Å². The molecule has 1 fully saturated rings. The van der Waals surface area contributed by atoms with Crippen LogP contribution in [0.4, 0.5) is 13.2 Å². The smallest absolute Gasteiger partial charge is 0.355 e.